The molecule has 2 N–H and O–H groups in total. The fourth-order valence-electron chi connectivity index (χ4n) is 4.45. The van der Waals surface area contributed by atoms with Crippen LogP contribution in [0.15, 0.2) is 24.3 Å². The van der Waals surface area contributed by atoms with Crippen molar-refractivity contribution in [2.75, 3.05) is 51.6 Å². The molecule has 2 aromatic rings. The van der Waals surface area contributed by atoms with Crippen LogP contribution in [0.25, 0.3) is 11.3 Å². The molecule has 33 heavy (non-hydrogen) atoms. The molecule has 0 aliphatic carbocycles. The lowest BCUT2D eigenvalue weighted by Crippen LogP contribution is -2.44. The Balaban J connectivity index is 1.47. The minimum absolute atomic E-state index is 0.00000172. The molecule has 4 rings (SSSR count). The molecule has 0 bridgehead atoms. The van der Waals surface area contributed by atoms with Crippen molar-refractivity contribution in [3.63, 3.8) is 0 Å². The van der Waals surface area contributed by atoms with Gasteiger partial charge >= 0.3 is 6.09 Å². The third-order valence-electron chi connectivity index (χ3n) is 6.30. The Kier molecular flexibility index (Phi) is 7.62. The van der Waals surface area contributed by atoms with Crippen LogP contribution in [0.2, 0.25) is 5.28 Å². The number of amides is 1. The molecule has 3 heterocycles. The van der Waals surface area contributed by atoms with Crippen molar-refractivity contribution in [3.05, 3.63) is 40.9 Å². The van der Waals surface area contributed by atoms with Crippen molar-refractivity contribution < 1.29 is 14.3 Å². The Morgan fingerprint density at radius 1 is 1.15 bits per heavy atom. The first-order valence-corrected chi connectivity index (χ1v) is 11.7. The highest BCUT2D eigenvalue weighted by Gasteiger charge is 2.25. The van der Waals surface area contributed by atoms with E-state index in [0.717, 1.165) is 51.1 Å². The van der Waals surface area contributed by atoms with Gasteiger partial charge in [0.1, 0.15) is 5.69 Å². The summed E-state index contributed by atoms with van der Waals surface area (Å²) in [6.07, 6.45) is 1.60. The number of benzene rings is 1. The number of likely N-dealkylation sites (tertiary alicyclic amines) is 1. The number of hydrogen-bond acceptors (Lipinski definition) is 6. The highest BCUT2D eigenvalue weighted by atomic mass is 35.5. The van der Waals surface area contributed by atoms with Gasteiger partial charge < -0.3 is 20.2 Å². The van der Waals surface area contributed by atoms with E-state index in [9.17, 15) is 9.90 Å². The first-order valence-electron chi connectivity index (χ1n) is 11.4. The predicted molar refractivity (Wildman–Crippen MR) is 126 cm³/mol. The summed E-state index contributed by atoms with van der Waals surface area (Å²) in [6, 6.07) is 7.48. The highest BCUT2D eigenvalue weighted by Crippen LogP contribution is 2.28. The van der Waals surface area contributed by atoms with E-state index in [0.29, 0.717) is 18.5 Å². The number of nitrogens with one attached hydrogen (secondary N) is 1. The molecule has 0 saturated carbocycles. The summed E-state index contributed by atoms with van der Waals surface area (Å²) >= 11 is 6.11. The van der Waals surface area contributed by atoms with Crippen LogP contribution in [0, 0.1) is 5.82 Å². The molecule has 0 spiro atoms. The van der Waals surface area contributed by atoms with E-state index in [-0.39, 0.29) is 29.4 Å². The molecule has 0 radical (unpaired) electrons. The highest BCUT2D eigenvalue weighted by molar-refractivity contribution is 6.28. The van der Waals surface area contributed by atoms with Gasteiger partial charge in [-0.15, -0.1) is 0 Å². The van der Waals surface area contributed by atoms with Crippen LogP contribution in [0.5, 0.6) is 0 Å². The third kappa shape index (κ3) is 6.10. The minimum Gasteiger partial charge on any atom is -0.465 e. The van der Waals surface area contributed by atoms with E-state index >= 15 is 4.39 Å². The maximum Gasteiger partial charge on any atom is 0.407 e. The lowest BCUT2D eigenvalue weighted by atomic mass is 10.1. The van der Waals surface area contributed by atoms with Gasteiger partial charge in [0.2, 0.25) is 5.28 Å². The van der Waals surface area contributed by atoms with Gasteiger partial charge in [0, 0.05) is 44.3 Å². The first kappa shape index (κ1) is 23.7. The third-order valence-corrected chi connectivity index (χ3v) is 6.47. The van der Waals surface area contributed by atoms with Gasteiger partial charge in [-0.1, -0.05) is 24.3 Å². The zero-order chi connectivity index (χ0) is 23.4. The number of nitrogens with zero attached hydrogens (tertiary/aromatic N) is 5. The molecule has 0 unspecified atom stereocenters. The Bertz CT molecular complexity index is 976. The summed E-state index contributed by atoms with van der Waals surface area (Å²) in [5.41, 5.74) is 1.92. The van der Waals surface area contributed by atoms with Crippen LogP contribution in [-0.4, -0.2) is 88.2 Å². The van der Waals surface area contributed by atoms with Crippen LogP contribution < -0.4 is 5.32 Å². The molecule has 10 heteroatoms. The molecule has 1 aromatic heterocycles. The molecule has 1 amide bonds. The molecule has 1 atom stereocenters. The molecule has 2 aliphatic rings. The average molecular weight is 477 g/mol. The standard InChI is InChI=1S/C23H30ClFN6O2/c1-29-9-3-10-30(13-12-29)14-16-5-7-17(8-6-16)20-19(25)21(28-22(24)27-20)26-18-4-2-11-31(15-18)23(32)33/h5-8,18H,2-4,9-15H2,1H3,(H,32,33)(H,26,27,28)/t18-/m1/s1. The zero-order valence-electron chi connectivity index (χ0n) is 18.8. The summed E-state index contributed by atoms with van der Waals surface area (Å²) in [5, 5.41) is 12.2. The van der Waals surface area contributed by atoms with Crippen molar-refractivity contribution in [2.24, 2.45) is 0 Å². The summed E-state index contributed by atoms with van der Waals surface area (Å²) in [4.78, 5) is 25.5. The van der Waals surface area contributed by atoms with Gasteiger partial charge in [-0.25, -0.2) is 14.2 Å². The number of halogens is 2. The number of carboxylic acid groups (broad SMARTS) is 1. The van der Waals surface area contributed by atoms with Gasteiger partial charge in [0.25, 0.3) is 0 Å². The van der Waals surface area contributed by atoms with E-state index in [1.807, 2.05) is 24.3 Å². The Hall–Kier alpha value is -2.49. The molecule has 1 aromatic carbocycles. The lowest BCUT2D eigenvalue weighted by Gasteiger charge is -2.31. The van der Waals surface area contributed by atoms with E-state index in [2.05, 4.69) is 32.1 Å². The van der Waals surface area contributed by atoms with Crippen molar-refractivity contribution in [3.8, 4) is 11.3 Å². The number of piperidine rings is 1. The largest absolute Gasteiger partial charge is 0.465 e. The Morgan fingerprint density at radius 2 is 1.94 bits per heavy atom. The fourth-order valence-corrected chi connectivity index (χ4v) is 4.62. The van der Waals surface area contributed by atoms with Crippen LogP contribution in [-0.2, 0) is 6.54 Å². The first-order chi connectivity index (χ1) is 15.9. The summed E-state index contributed by atoms with van der Waals surface area (Å²) in [5.74, 6) is -0.588. The fraction of sp³-hybridized carbons (Fsp3) is 0.522. The molecule has 2 saturated heterocycles. The normalized spacial score (nSPS) is 20.5. The summed E-state index contributed by atoms with van der Waals surface area (Å²) < 4.78 is 15.3. The summed E-state index contributed by atoms with van der Waals surface area (Å²) in [6.45, 7) is 5.88. The quantitative estimate of drug-likeness (QED) is 0.637. The van der Waals surface area contributed by atoms with E-state index in [1.165, 1.54) is 4.90 Å². The van der Waals surface area contributed by atoms with Crippen LogP contribution in [0.1, 0.15) is 24.8 Å². The molecule has 2 aliphatic heterocycles. The topological polar surface area (TPSA) is 84.8 Å². The van der Waals surface area contributed by atoms with Gasteiger partial charge in [-0.3, -0.25) is 4.90 Å². The molecule has 8 nitrogen and oxygen atoms in total. The zero-order valence-corrected chi connectivity index (χ0v) is 19.6. The molecular formula is C23H30ClFN6O2. The van der Waals surface area contributed by atoms with Crippen molar-refractivity contribution in [1.29, 1.82) is 0 Å². The minimum atomic E-state index is -0.976. The van der Waals surface area contributed by atoms with Crippen LogP contribution in [0.3, 0.4) is 0 Å². The predicted octanol–water partition coefficient (Wildman–Crippen LogP) is 3.63. The van der Waals surface area contributed by atoms with Crippen molar-refractivity contribution in [1.82, 2.24) is 24.7 Å². The molecular weight excluding hydrogens is 447 g/mol. The van der Waals surface area contributed by atoms with Crippen molar-refractivity contribution >= 4 is 23.5 Å². The molecule has 2 fully saturated rings. The molecule has 178 valence electrons. The second-order valence-corrected chi connectivity index (χ2v) is 9.18. The van der Waals surface area contributed by atoms with Crippen LogP contribution in [0.4, 0.5) is 15.0 Å². The van der Waals surface area contributed by atoms with Gasteiger partial charge in [-0.05, 0) is 56.6 Å². The Labute approximate surface area is 198 Å². The van der Waals surface area contributed by atoms with E-state index in [1.54, 1.807) is 0 Å². The number of anilines is 1. The Morgan fingerprint density at radius 3 is 2.70 bits per heavy atom. The second-order valence-electron chi connectivity index (χ2n) is 8.85. The van der Waals surface area contributed by atoms with Crippen LogP contribution >= 0.6 is 11.6 Å². The number of rotatable bonds is 5. The van der Waals surface area contributed by atoms with Gasteiger partial charge in [-0.2, -0.15) is 4.98 Å². The van der Waals surface area contributed by atoms with E-state index < -0.39 is 11.9 Å². The average Bonchev–Trinajstić information content (AvgIpc) is 3.00. The SMILES string of the molecule is CN1CCCN(Cc2ccc(-c3nc(Cl)nc(N[C@@H]4CCCN(C(=O)O)C4)c3F)cc2)CC1. The smallest absolute Gasteiger partial charge is 0.407 e. The number of aromatic nitrogens is 2. The lowest BCUT2D eigenvalue weighted by molar-refractivity contribution is 0.132. The maximum absolute atomic E-state index is 15.3. The van der Waals surface area contributed by atoms with E-state index in [4.69, 9.17) is 11.6 Å². The van der Waals surface area contributed by atoms with Crippen molar-refractivity contribution in [2.45, 2.75) is 31.8 Å². The maximum atomic E-state index is 15.3. The second kappa shape index (κ2) is 10.6. The number of carbonyl (C=O) groups is 1. The monoisotopic (exact) mass is 476 g/mol. The number of likely N-dealkylation sites (N-methyl/N-ethyl adjacent to an activating group) is 1. The summed E-state index contributed by atoms with van der Waals surface area (Å²) in [7, 11) is 2.15. The van der Waals surface area contributed by atoms with Gasteiger partial charge in [0.15, 0.2) is 11.6 Å². The number of hydrogen-bond donors (Lipinski definition) is 2. The van der Waals surface area contributed by atoms with Gasteiger partial charge in [0.05, 0.1) is 0 Å².